The number of aromatic nitrogens is 2. The monoisotopic (exact) mass is 536 g/mol. The number of fused-ring (bicyclic) bond motifs is 2. The fourth-order valence-electron chi connectivity index (χ4n) is 5.49. The number of alkyl halides is 3. The van der Waals surface area contributed by atoms with Gasteiger partial charge in [-0.15, -0.1) is 0 Å². The first-order valence-electron chi connectivity index (χ1n) is 12.7. The topological polar surface area (TPSA) is 88.9 Å². The second kappa shape index (κ2) is 10.2. The summed E-state index contributed by atoms with van der Waals surface area (Å²) in [5, 5.41) is 0. The number of halogens is 3. The summed E-state index contributed by atoms with van der Waals surface area (Å²) in [5.41, 5.74) is 6.71. The van der Waals surface area contributed by atoms with Gasteiger partial charge in [-0.3, -0.25) is 9.69 Å². The first-order valence-corrected chi connectivity index (χ1v) is 12.7. The predicted octanol–water partition coefficient (Wildman–Crippen LogP) is 4.96. The number of ether oxygens (including phenoxy) is 1. The number of pyridine rings is 2. The molecule has 39 heavy (non-hydrogen) atoms. The van der Waals surface area contributed by atoms with Crippen molar-refractivity contribution in [1.82, 2.24) is 9.97 Å². The van der Waals surface area contributed by atoms with E-state index >= 15 is 0 Å². The maximum Gasteiger partial charge on any atom is 0.415 e. The lowest BCUT2D eigenvalue weighted by atomic mass is 9.74. The summed E-state index contributed by atoms with van der Waals surface area (Å²) in [5.74, 6) is 0.928. The molecule has 5 rings (SSSR count). The van der Waals surface area contributed by atoms with Gasteiger partial charge in [0.2, 0.25) is 17.5 Å². The van der Waals surface area contributed by atoms with Crippen LogP contribution >= 0.6 is 0 Å². The van der Waals surface area contributed by atoms with Crippen LogP contribution in [0.4, 0.5) is 30.4 Å². The SMILES string of the molecule is [C-]#[N+]c1cc(C(F)(F)F)ccc1N1CCC2(CC1)C(=O)N(CCN)c1nc(-c3cccnc3OCC)ccc12. The minimum Gasteiger partial charge on any atom is -0.477 e. The summed E-state index contributed by atoms with van der Waals surface area (Å²) in [4.78, 5) is 29.9. The fourth-order valence-corrected chi connectivity index (χ4v) is 5.49. The van der Waals surface area contributed by atoms with Gasteiger partial charge in [0.1, 0.15) is 5.82 Å². The summed E-state index contributed by atoms with van der Waals surface area (Å²) in [6.45, 7) is 11.1. The van der Waals surface area contributed by atoms with E-state index in [4.69, 9.17) is 22.0 Å². The van der Waals surface area contributed by atoms with Crippen LogP contribution in [0.5, 0.6) is 5.88 Å². The van der Waals surface area contributed by atoms with Crippen LogP contribution in [-0.4, -0.2) is 48.7 Å². The van der Waals surface area contributed by atoms with E-state index in [0.717, 1.165) is 17.7 Å². The molecule has 8 nitrogen and oxygen atoms in total. The molecule has 0 unspecified atom stereocenters. The Bertz CT molecular complexity index is 1440. The van der Waals surface area contributed by atoms with E-state index in [0.29, 0.717) is 67.7 Å². The summed E-state index contributed by atoms with van der Waals surface area (Å²) in [6, 6.07) is 10.7. The van der Waals surface area contributed by atoms with E-state index in [1.54, 1.807) is 17.2 Å². The standard InChI is InChI=1S/C28H27F3N6O2/c1-3-39-25-19(5-4-13-34-25)21-8-7-20-24(35-21)37(16-12-32)26(38)27(20)10-14-36(15-11-27)23-9-6-18(28(29,30)31)17-22(23)33-2/h4-9,13,17H,3,10-12,14-16,32H2,1H3. The van der Waals surface area contributed by atoms with E-state index < -0.39 is 17.2 Å². The quantitative estimate of drug-likeness (QED) is 0.449. The molecule has 2 aliphatic heterocycles. The summed E-state index contributed by atoms with van der Waals surface area (Å²) >= 11 is 0. The maximum atomic E-state index is 13.9. The van der Waals surface area contributed by atoms with Gasteiger partial charge in [0, 0.05) is 49.2 Å². The molecule has 2 aliphatic rings. The van der Waals surface area contributed by atoms with Crippen molar-refractivity contribution in [1.29, 1.82) is 0 Å². The molecular weight excluding hydrogens is 509 g/mol. The predicted molar refractivity (Wildman–Crippen MR) is 141 cm³/mol. The first kappa shape index (κ1) is 26.4. The molecule has 0 aliphatic carbocycles. The minimum atomic E-state index is -4.53. The Hall–Kier alpha value is -4.17. The van der Waals surface area contributed by atoms with Crippen LogP contribution in [0.3, 0.4) is 0 Å². The molecule has 2 N–H and O–H groups in total. The molecular formula is C28H27F3N6O2. The number of piperidine rings is 1. The van der Waals surface area contributed by atoms with Crippen LogP contribution in [0.2, 0.25) is 0 Å². The lowest BCUT2D eigenvalue weighted by molar-refractivity contribution is -0.137. The molecule has 2 aromatic heterocycles. The van der Waals surface area contributed by atoms with Crippen molar-refractivity contribution in [2.75, 3.05) is 42.6 Å². The van der Waals surface area contributed by atoms with Crippen molar-refractivity contribution in [3.05, 3.63) is 71.2 Å². The third kappa shape index (κ3) is 4.55. The van der Waals surface area contributed by atoms with Crippen molar-refractivity contribution < 1.29 is 22.7 Å². The molecule has 1 amide bonds. The zero-order valence-corrected chi connectivity index (χ0v) is 21.3. The molecule has 202 valence electrons. The second-order valence-electron chi connectivity index (χ2n) is 9.48. The van der Waals surface area contributed by atoms with Crippen molar-refractivity contribution in [3.63, 3.8) is 0 Å². The third-order valence-electron chi connectivity index (χ3n) is 7.36. The zero-order valence-electron chi connectivity index (χ0n) is 21.3. The third-order valence-corrected chi connectivity index (χ3v) is 7.36. The lowest BCUT2D eigenvalue weighted by Crippen LogP contribution is -2.49. The van der Waals surface area contributed by atoms with Crippen LogP contribution in [0.1, 0.15) is 30.9 Å². The molecule has 0 atom stereocenters. The Kier molecular flexibility index (Phi) is 6.91. The molecule has 4 heterocycles. The minimum absolute atomic E-state index is 0.0587. The number of carbonyl (C=O) groups excluding carboxylic acids is 1. The van der Waals surface area contributed by atoms with E-state index in [1.807, 2.05) is 30.0 Å². The average Bonchev–Trinajstić information content (AvgIpc) is 3.15. The van der Waals surface area contributed by atoms with Crippen molar-refractivity contribution >= 4 is 23.1 Å². The molecule has 0 saturated carbocycles. The molecule has 0 radical (unpaired) electrons. The van der Waals surface area contributed by atoms with E-state index in [1.165, 1.54) is 6.07 Å². The van der Waals surface area contributed by atoms with E-state index in [2.05, 4.69) is 9.83 Å². The van der Waals surface area contributed by atoms with Gasteiger partial charge in [-0.2, -0.15) is 13.2 Å². The van der Waals surface area contributed by atoms with Gasteiger partial charge in [0.15, 0.2) is 0 Å². The van der Waals surface area contributed by atoms with Gasteiger partial charge in [0.25, 0.3) is 0 Å². The van der Waals surface area contributed by atoms with Crippen molar-refractivity contribution in [3.8, 4) is 17.1 Å². The number of nitrogens with two attached hydrogens (primary N) is 1. The molecule has 3 aromatic rings. The number of amides is 1. The lowest BCUT2D eigenvalue weighted by Gasteiger charge is -2.40. The van der Waals surface area contributed by atoms with Crippen LogP contribution < -0.4 is 20.3 Å². The number of carbonyl (C=O) groups is 1. The van der Waals surface area contributed by atoms with Crippen LogP contribution in [0.25, 0.3) is 16.1 Å². The van der Waals surface area contributed by atoms with Crippen LogP contribution in [0, 0.1) is 6.57 Å². The Morgan fingerprint density at radius 3 is 2.62 bits per heavy atom. The van der Waals surface area contributed by atoms with Gasteiger partial charge in [-0.25, -0.2) is 14.8 Å². The normalized spacial score (nSPS) is 16.4. The molecule has 1 spiro atoms. The van der Waals surface area contributed by atoms with E-state index in [9.17, 15) is 18.0 Å². The highest BCUT2D eigenvalue weighted by Gasteiger charge is 2.53. The molecule has 1 fully saturated rings. The van der Waals surface area contributed by atoms with Gasteiger partial charge in [-0.1, -0.05) is 12.1 Å². The van der Waals surface area contributed by atoms with Crippen LogP contribution in [0.15, 0.2) is 48.7 Å². The Labute approximate surface area is 224 Å². The summed E-state index contributed by atoms with van der Waals surface area (Å²) < 4.78 is 45.2. The molecule has 11 heteroatoms. The van der Waals surface area contributed by atoms with Gasteiger partial charge in [0.05, 0.1) is 29.9 Å². The van der Waals surface area contributed by atoms with Crippen molar-refractivity contribution in [2.24, 2.45) is 5.73 Å². The Morgan fingerprint density at radius 2 is 1.95 bits per heavy atom. The summed E-state index contributed by atoms with van der Waals surface area (Å²) in [6.07, 6.45) is -2.03. The largest absolute Gasteiger partial charge is 0.477 e. The number of rotatable bonds is 6. The average molecular weight is 537 g/mol. The zero-order chi connectivity index (χ0) is 27.8. The number of nitrogens with zero attached hydrogens (tertiary/aromatic N) is 5. The second-order valence-corrected chi connectivity index (χ2v) is 9.48. The molecule has 0 bridgehead atoms. The fraction of sp³-hybridized carbons (Fsp3) is 0.357. The highest BCUT2D eigenvalue weighted by Crippen LogP contribution is 2.49. The Balaban J connectivity index is 1.47. The smallest absolute Gasteiger partial charge is 0.415 e. The van der Waals surface area contributed by atoms with E-state index in [-0.39, 0.29) is 18.1 Å². The first-order chi connectivity index (χ1) is 18.7. The molecule has 1 saturated heterocycles. The van der Waals surface area contributed by atoms with Gasteiger partial charge < -0.3 is 15.4 Å². The van der Waals surface area contributed by atoms with Crippen LogP contribution in [-0.2, 0) is 16.4 Å². The number of benzene rings is 1. The number of hydrogen-bond acceptors (Lipinski definition) is 6. The number of anilines is 2. The number of hydrogen-bond donors (Lipinski definition) is 1. The van der Waals surface area contributed by atoms with Crippen molar-refractivity contribution in [2.45, 2.75) is 31.4 Å². The van der Waals surface area contributed by atoms with Gasteiger partial charge in [-0.05, 0) is 50.1 Å². The molecule has 1 aromatic carbocycles. The Morgan fingerprint density at radius 1 is 1.18 bits per heavy atom. The van der Waals surface area contributed by atoms with Gasteiger partial charge >= 0.3 is 6.18 Å². The summed E-state index contributed by atoms with van der Waals surface area (Å²) in [7, 11) is 0. The maximum absolute atomic E-state index is 13.9. The highest BCUT2D eigenvalue weighted by molar-refractivity contribution is 6.07. The highest BCUT2D eigenvalue weighted by atomic mass is 19.4.